The number of methoxy groups -OCH3 is 1. The third kappa shape index (κ3) is 2.47. The molecule has 0 aliphatic rings. The summed E-state index contributed by atoms with van der Waals surface area (Å²) in [5.74, 6) is 0.458. The van der Waals surface area contributed by atoms with E-state index < -0.39 is 0 Å². The molecule has 2 aromatic rings. The van der Waals surface area contributed by atoms with Crippen molar-refractivity contribution in [2.24, 2.45) is 0 Å². The van der Waals surface area contributed by atoms with Crippen molar-refractivity contribution in [1.29, 1.82) is 0 Å². The lowest BCUT2D eigenvalue weighted by atomic mass is 10.1. The van der Waals surface area contributed by atoms with E-state index in [2.05, 4.69) is 9.97 Å². The molecule has 2 aromatic heterocycles. The third-order valence-corrected chi connectivity index (χ3v) is 2.38. The molecule has 0 amide bonds. The Bertz CT molecular complexity index is 535. The molecule has 86 valence electrons. The van der Waals surface area contributed by atoms with E-state index in [0.29, 0.717) is 16.9 Å². The number of hydrogen-bond acceptors (Lipinski definition) is 4. The predicted octanol–water partition coefficient (Wildman–Crippen LogP) is 2.02. The second kappa shape index (κ2) is 4.74. The summed E-state index contributed by atoms with van der Waals surface area (Å²) in [5, 5.41) is 0. The highest BCUT2D eigenvalue weighted by molar-refractivity contribution is 6.08. The molecular weight excluding hydrogens is 216 g/mol. The third-order valence-electron chi connectivity index (χ3n) is 2.38. The normalized spacial score (nSPS) is 10.0. The van der Waals surface area contributed by atoms with E-state index in [1.807, 2.05) is 6.92 Å². The molecule has 0 spiro atoms. The summed E-state index contributed by atoms with van der Waals surface area (Å²) in [7, 11) is 1.54. The van der Waals surface area contributed by atoms with E-state index in [1.54, 1.807) is 37.7 Å². The average Bonchev–Trinajstić information content (AvgIpc) is 2.39. The first-order valence-electron chi connectivity index (χ1n) is 5.17. The van der Waals surface area contributed by atoms with Crippen LogP contribution < -0.4 is 4.74 Å². The van der Waals surface area contributed by atoms with Gasteiger partial charge in [-0.1, -0.05) is 0 Å². The van der Waals surface area contributed by atoms with Gasteiger partial charge in [-0.2, -0.15) is 0 Å². The van der Waals surface area contributed by atoms with Crippen molar-refractivity contribution in [2.75, 3.05) is 7.11 Å². The number of ether oxygens (including phenoxy) is 1. The first-order chi connectivity index (χ1) is 8.20. The molecule has 4 heteroatoms. The molecule has 0 aromatic carbocycles. The van der Waals surface area contributed by atoms with E-state index in [1.165, 1.54) is 6.20 Å². The van der Waals surface area contributed by atoms with Gasteiger partial charge in [0.1, 0.15) is 5.75 Å². The number of carbonyl (C=O) groups excluding carboxylic acids is 1. The molecule has 2 heterocycles. The number of nitrogens with zero attached hydrogens (tertiary/aromatic N) is 2. The fraction of sp³-hybridized carbons (Fsp3) is 0.154. The van der Waals surface area contributed by atoms with Crippen molar-refractivity contribution in [2.45, 2.75) is 6.92 Å². The second-order valence-electron chi connectivity index (χ2n) is 3.63. The number of hydrogen-bond donors (Lipinski definition) is 0. The van der Waals surface area contributed by atoms with E-state index in [0.717, 1.165) is 5.69 Å². The number of rotatable bonds is 3. The quantitative estimate of drug-likeness (QED) is 0.754. The van der Waals surface area contributed by atoms with Gasteiger partial charge < -0.3 is 4.74 Å². The SMILES string of the molecule is COc1cncc(C(=O)c2ccc(C)nc2)c1. The van der Waals surface area contributed by atoms with Crippen LogP contribution in [-0.2, 0) is 0 Å². The van der Waals surface area contributed by atoms with Crippen LogP contribution in [0.25, 0.3) is 0 Å². The zero-order valence-electron chi connectivity index (χ0n) is 9.68. The highest BCUT2D eigenvalue weighted by Gasteiger charge is 2.10. The Morgan fingerprint density at radius 2 is 2.00 bits per heavy atom. The number of pyridine rings is 2. The van der Waals surface area contributed by atoms with Crippen LogP contribution in [0, 0.1) is 6.92 Å². The number of aryl methyl sites for hydroxylation is 1. The topological polar surface area (TPSA) is 52.1 Å². The summed E-state index contributed by atoms with van der Waals surface area (Å²) in [6.07, 6.45) is 4.64. The van der Waals surface area contributed by atoms with Gasteiger partial charge >= 0.3 is 0 Å². The Kier molecular flexibility index (Phi) is 3.14. The molecule has 4 nitrogen and oxygen atoms in total. The first kappa shape index (κ1) is 11.3. The molecule has 0 atom stereocenters. The summed E-state index contributed by atoms with van der Waals surface area (Å²) in [6, 6.07) is 5.22. The molecule has 0 N–H and O–H groups in total. The largest absolute Gasteiger partial charge is 0.495 e. The first-order valence-corrected chi connectivity index (χ1v) is 5.17. The van der Waals surface area contributed by atoms with Crippen LogP contribution in [0.3, 0.4) is 0 Å². The Hall–Kier alpha value is -2.23. The molecule has 0 fully saturated rings. The van der Waals surface area contributed by atoms with Gasteiger partial charge in [0, 0.05) is 29.2 Å². The molecule has 2 rings (SSSR count). The van der Waals surface area contributed by atoms with Crippen molar-refractivity contribution in [3.05, 3.63) is 53.6 Å². The predicted molar refractivity (Wildman–Crippen MR) is 63.2 cm³/mol. The summed E-state index contributed by atoms with van der Waals surface area (Å²) in [4.78, 5) is 20.1. The lowest BCUT2D eigenvalue weighted by Gasteiger charge is -2.03. The van der Waals surface area contributed by atoms with Crippen LogP contribution in [0.1, 0.15) is 21.6 Å². The minimum atomic E-state index is -0.107. The smallest absolute Gasteiger partial charge is 0.196 e. The lowest BCUT2D eigenvalue weighted by Crippen LogP contribution is -2.03. The van der Waals surface area contributed by atoms with Gasteiger partial charge in [0.05, 0.1) is 13.3 Å². The van der Waals surface area contributed by atoms with Gasteiger partial charge in [-0.05, 0) is 25.1 Å². The zero-order valence-corrected chi connectivity index (χ0v) is 9.68. The van der Waals surface area contributed by atoms with E-state index in [-0.39, 0.29) is 5.78 Å². The Labute approximate surface area is 99.3 Å². The zero-order chi connectivity index (χ0) is 12.3. The Balaban J connectivity index is 2.33. The average molecular weight is 228 g/mol. The van der Waals surface area contributed by atoms with Crippen LogP contribution in [0.15, 0.2) is 36.8 Å². The monoisotopic (exact) mass is 228 g/mol. The van der Waals surface area contributed by atoms with Gasteiger partial charge in [0.25, 0.3) is 0 Å². The van der Waals surface area contributed by atoms with Crippen LogP contribution in [-0.4, -0.2) is 22.9 Å². The summed E-state index contributed by atoms with van der Waals surface area (Å²) in [5.41, 5.74) is 1.92. The van der Waals surface area contributed by atoms with E-state index >= 15 is 0 Å². The molecule has 0 aliphatic heterocycles. The van der Waals surface area contributed by atoms with Crippen molar-refractivity contribution in [3.63, 3.8) is 0 Å². The molecular formula is C13H12N2O2. The van der Waals surface area contributed by atoms with Crippen molar-refractivity contribution >= 4 is 5.78 Å². The lowest BCUT2D eigenvalue weighted by molar-refractivity contribution is 0.103. The van der Waals surface area contributed by atoms with Crippen LogP contribution >= 0.6 is 0 Å². The molecule has 0 radical (unpaired) electrons. The number of ketones is 1. The van der Waals surface area contributed by atoms with E-state index in [4.69, 9.17) is 4.74 Å². The van der Waals surface area contributed by atoms with Gasteiger partial charge in [-0.3, -0.25) is 14.8 Å². The van der Waals surface area contributed by atoms with Crippen molar-refractivity contribution in [1.82, 2.24) is 9.97 Å². The molecule has 0 unspecified atom stereocenters. The fourth-order valence-corrected chi connectivity index (χ4v) is 1.42. The maximum absolute atomic E-state index is 12.1. The van der Waals surface area contributed by atoms with Crippen molar-refractivity contribution < 1.29 is 9.53 Å². The molecule has 0 aliphatic carbocycles. The molecule has 0 saturated heterocycles. The summed E-state index contributed by atoms with van der Waals surface area (Å²) >= 11 is 0. The van der Waals surface area contributed by atoms with Gasteiger partial charge in [0.15, 0.2) is 5.78 Å². The number of aromatic nitrogens is 2. The van der Waals surface area contributed by atoms with Gasteiger partial charge in [-0.25, -0.2) is 0 Å². The van der Waals surface area contributed by atoms with Crippen molar-refractivity contribution in [3.8, 4) is 5.75 Å². The standard InChI is InChI=1S/C13H12N2O2/c1-9-3-4-10(7-15-9)13(16)11-5-12(17-2)8-14-6-11/h3-8H,1-2H3. The molecule has 17 heavy (non-hydrogen) atoms. The molecule has 0 saturated carbocycles. The Morgan fingerprint density at radius 3 is 2.65 bits per heavy atom. The summed E-state index contributed by atoms with van der Waals surface area (Å²) in [6.45, 7) is 1.88. The maximum Gasteiger partial charge on any atom is 0.196 e. The maximum atomic E-state index is 12.1. The van der Waals surface area contributed by atoms with E-state index in [9.17, 15) is 4.79 Å². The van der Waals surface area contributed by atoms with Gasteiger partial charge in [-0.15, -0.1) is 0 Å². The minimum Gasteiger partial charge on any atom is -0.495 e. The highest BCUT2D eigenvalue weighted by Crippen LogP contribution is 2.14. The van der Waals surface area contributed by atoms with Crippen LogP contribution in [0.4, 0.5) is 0 Å². The fourth-order valence-electron chi connectivity index (χ4n) is 1.42. The highest BCUT2D eigenvalue weighted by atomic mass is 16.5. The summed E-state index contributed by atoms with van der Waals surface area (Å²) < 4.78 is 5.03. The minimum absolute atomic E-state index is 0.107. The van der Waals surface area contributed by atoms with Crippen LogP contribution in [0.5, 0.6) is 5.75 Å². The van der Waals surface area contributed by atoms with Crippen LogP contribution in [0.2, 0.25) is 0 Å². The van der Waals surface area contributed by atoms with Gasteiger partial charge in [0.2, 0.25) is 0 Å². The molecule has 0 bridgehead atoms. The number of carbonyl (C=O) groups is 1. The Morgan fingerprint density at radius 1 is 1.18 bits per heavy atom. The second-order valence-corrected chi connectivity index (χ2v) is 3.63.